The van der Waals surface area contributed by atoms with E-state index >= 15 is 0 Å². The van der Waals surface area contributed by atoms with E-state index in [0.29, 0.717) is 25.3 Å². The fraction of sp³-hybridized carbons (Fsp3) is 0.538. The third kappa shape index (κ3) is 5.89. The van der Waals surface area contributed by atoms with E-state index in [9.17, 15) is 19.2 Å². The molecule has 0 bridgehead atoms. The number of carbonyl (C=O) groups is 4. The molecule has 0 spiro atoms. The number of rotatable bonds is 9. The van der Waals surface area contributed by atoms with Crippen LogP contribution in [0.5, 0.6) is 0 Å². The van der Waals surface area contributed by atoms with Gasteiger partial charge >= 0.3 is 0 Å². The molecule has 1 aromatic rings. The fourth-order valence-corrected chi connectivity index (χ4v) is 4.37. The molecule has 0 aromatic heterocycles. The Hall–Kier alpha value is -2.96. The summed E-state index contributed by atoms with van der Waals surface area (Å²) >= 11 is 0. The summed E-state index contributed by atoms with van der Waals surface area (Å²) in [4.78, 5) is 54.3. The molecule has 33 heavy (non-hydrogen) atoms. The molecule has 3 rings (SSSR count). The minimum absolute atomic E-state index is 0.00197. The molecule has 1 aliphatic carbocycles. The average Bonchev–Trinajstić information content (AvgIpc) is 3.04. The molecule has 1 fully saturated rings. The number of nitrogens with zero attached hydrogens (tertiary/aromatic N) is 2. The molecular formula is C26H35N3O4. The minimum Gasteiger partial charge on any atom is -0.354 e. The van der Waals surface area contributed by atoms with E-state index in [4.69, 9.17) is 0 Å². The van der Waals surface area contributed by atoms with Gasteiger partial charge in [-0.25, -0.2) is 0 Å². The smallest absolute Gasteiger partial charge is 0.242 e. The van der Waals surface area contributed by atoms with Crippen molar-refractivity contribution < 1.29 is 19.2 Å². The lowest BCUT2D eigenvalue weighted by atomic mass is 9.85. The SMILES string of the molecule is Cc1ccc(CN(C(=O)CCN2C(=O)[C@H]3CC=CC[C@H]3C2=O)[C@@H](C)C(=O)NCC(C)C)cc1. The summed E-state index contributed by atoms with van der Waals surface area (Å²) in [6.45, 7) is 8.60. The lowest BCUT2D eigenvalue weighted by Gasteiger charge is -2.29. The van der Waals surface area contributed by atoms with Gasteiger partial charge in [0.2, 0.25) is 23.6 Å². The number of hydrogen-bond donors (Lipinski definition) is 1. The first-order valence-corrected chi connectivity index (χ1v) is 11.8. The molecular weight excluding hydrogens is 418 g/mol. The van der Waals surface area contributed by atoms with Crippen molar-refractivity contribution in [3.8, 4) is 0 Å². The van der Waals surface area contributed by atoms with Crippen molar-refractivity contribution in [1.82, 2.24) is 15.1 Å². The molecule has 1 heterocycles. The molecule has 0 radical (unpaired) electrons. The van der Waals surface area contributed by atoms with Gasteiger partial charge in [0, 0.05) is 26.1 Å². The Kier molecular flexibility index (Phi) is 8.06. The maximum atomic E-state index is 13.3. The molecule has 4 amide bonds. The van der Waals surface area contributed by atoms with Crippen molar-refractivity contribution >= 4 is 23.6 Å². The Morgan fingerprint density at radius 1 is 1.03 bits per heavy atom. The van der Waals surface area contributed by atoms with Gasteiger partial charge in [0.15, 0.2) is 0 Å². The molecule has 1 N–H and O–H groups in total. The molecule has 3 atom stereocenters. The largest absolute Gasteiger partial charge is 0.354 e. The van der Waals surface area contributed by atoms with E-state index in [1.165, 1.54) is 4.90 Å². The molecule has 0 saturated carbocycles. The monoisotopic (exact) mass is 453 g/mol. The third-order valence-electron chi connectivity index (χ3n) is 6.47. The van der Waals surface area contributed by atoms with Gasteiger partial charge in [-0.3, -0.25) is 24.1 Å². The fourth-order valence-electron chi connectivity index (χ4n) is 4.37. The number of imide groups is 1. The van der Waals surface area contributed by atoms with Crippen LogP contribution in [-0.2, 0) is 25.7 Å². The van der Waals surface area contributed by atoms with Crippen LogP contribution in [0.25, 0.3) is 0 Å². The quantitative estimate of drug-likeness (QED) is 0.460. The first-order chi connectivity index (χ1) is 15.7. The van der Waals surface area contributed by atoms with Crippen molar-refractivity contribution in [3.63, 3.8) is 0 Å². The Morgan fingerprint density at radius 2 is 1.61 bits per heavy atom. The highest BCUT2D eigenvalue weighted by Gasteiger charge is 2.47. The lowest BCUT2D eigenvalue weighted by molar-refractivity contribution is -0.143. The molecule has 0 unspecified atom stereocenters. The van der Waals surface area contributed by atoms with Crippen LogP contribution in [0.4, 0.5) is 0 Å². The summed E-state index contributed by atoms with van der Waals surface area (Å²) in [5, 5.41) is 2.90. The second kappa shape index (κ2) is 10.8. The van der Waals surface area contributed by atoms with E-state index in [2.05, 4.69) is 5.32 Å². The van der Waals surface area contributed by atoms with Gasteiger partial charge in [0.1, 0.15) is 6.04 Å². The maximum absolute atomic E-state index is 13.3. The summed E-state index contributed by atoms with van der Waals surface area (Å²) in [5.41, 5.74) is 2.03. The van der Waals surface area contributed by atoms with Crippen molar-refractivity contribution in [2.24, 2.45) is 17.8 Å². The van der Waals surface area contributed by atoms with Gasteiger partial charge in [-0.1, -0.05) is 55.8 Å². The van der Waals surface area contributed by atoms with Crippen LogP contribution in [0, 0.1) is 24.7 Å². The van der Waals surface area contributed by atoms with Crippen LogP contribution in [0.1, 0.15) is 51.2 Å². The van der Waals surface area contributed by atoms with Gasteiger partial charge in [-0.15, -0.1) is 0 Å². The lowest BCUT2D eigenvalue weighted by Crippen LogP contribution is -2.49. The number of carbonyl (C=O) groups excluding carboxylic acids is 4. The van der Waals surface area contributed by atoms with Crippen LogP contribution in [-0.4, -0.2) is 52.6 Å². The van der Waals surface area contributed by atoms with E-state index in [1.54, 1.807) is 11.8 Å². The number of amides is 4. The minimum atomic E-state index is -0.672. The number of nitrogens with one attached hydrogen (secondary N) is 1. The number of likely N-dealkylation sites (tertiary alicyclic amines) is 1. The Balaban J connectivity index is 1.70. The Bertz CT molecular complexity index is 896. The zero-order valence-corrected chi connectivity index (χ0v) is 20.0. The van der Waals surface area contributed by atoms with Gasteiger partial charge in [-0.05, 0) is 38.2 Å². The summed E-state index contributed by atoms with van der Waals surface area (Å²) in [7, 11) is 0. The predicted molar refractivity (Wildman–Crippen MR) is 126 cm³/mol. The summed E-state index contributed by atoms with van der Waals surface area (Å²) in [5.74, 6) is -1.15. The van der Waals surface area contributed by atoms with Crippen LogP contribution in [0.2, 0.25) is 0 Å². The molecule has 1 aliphatic heterocycles. The van der Waals surface area contributed by atoms with Gasteiger partial charge in [0.25, 0.3) is 0 Å². The van der Waals surface area contributed by atoms with E-state index < -0.39 is 6.04 Å². The van der Waals surface area contributed by atoms with Crippen LogP contribution < -0.4 is 5.32 Å². The molecule has 1 saturated heterocycles. The first-order valence-electron chi connectivity index (χ1n) is 11.8. The van der Waals surface area contributed by atoms with Gasteiger partial charge < -0.3 is 10.2 Å². The predicted octanol–water partition coefficient (Wildman–Crippen LogP) is 2.83. The Morgan fingerprint density at radius 3 is 2.15 bits per heavy atom. The first kappa shape index (κ1) is 24.7. The molecule has 2 aliphatic rings. The van der Waals surface area contributed by atoms with Crippen molar-refractivity contribution in [2.75, 3.05) is 13.1 Å². The summed E-state index contributed by atoms with van der Waals surface area (Å²) in [6.07, 6.45) is 5.04. The van der Waals surface area contributed by atoms with E-state index in [0.717, 1.165) is 11.1 Å². The number of hydrogen-bond acceptors (Lipinski definition) is 4. The van der Waals surface area contributed by atoms with Gasteiger partial charge in [0.05, 0.1) is 11.8 Å². The zero-order chi connectivity index (χ0) is 24.1. The summed E-state index contributed by atoms with van der Waals surface area (Å²) in [6, 6.07) is 7.16. The number of fused-ring (bicyclic) bond motifs is 1. The second-order valence-electron chi connectivity index (χ2n) is 9.56. The Labute approximate surface area is 196 Å². The van der Waals surface area contributed by atoms with E-state index in [-0.39, 0.29) is 55.0 Å². The maximum Gasteiger partial charge on any atom is 0.242 e. The highest BCUT2D eigenvalue weighted by atomic mass is 16.2. The zero-order valence-electron chi connectivity index (χ0n) is 20.0. The van der Waals surface area contributed by atoms with Gasteiger partial charge in [-0.2, -0.15) is 0 Å². The standard InChI is InChI=1S/C26H35N3O4/c1-17(2)15-27-24(31)19(4)29(16-20-11-9-18(3)10-12-20)23(30)13-14-28-25(32)21-7-5-6-8-22(21)26(28)33/h5-6,9-12,17,19,21-22H,7-8,13-16H2,1-4H3,(H,27,31)/t19-,21-,22+/m0/s1. The van der Waals surface area contributed by atoms with E-state index in [1.807, 2.05) is 57.2 Å². The number of aryl methyl sites for hydroxylation is 1. The second-order valence-corrected chi connectivity index (χ2v) is 9.56. The molecule has 7 heteroatoms. The molecule has 7 nitrogen and oxygen atoms in total. The average molecular weight is 454 g/mol. The highest BCUT2D eigenvalue weighted by Crippen LogP contribution is 2.35. The molecule has 1 aromatic carbocycles. The molecule has 178 valence electrons. The number of allylic oxidation sites excluding steroid dienone is 2. The summed E-state index contributed by atoms with van der Waals surface area (Å²) < 4.78 is 0. The normalized spacial score (nSPS) is 20.7. The third-order valence-corrected chi connectivity index (χ3v) is 6.47. The number of benzene rings is 1. The van der Waals surface area contributed by atoms with Crippen LogP contribution in [0.3, 0.4) is 0 Å². The topological polar surface area (TPSA) is 86.8 Å². The van der Waals surface area contributed by atoms with Crippen molar-refractivity contribution in [3.05, 3.63) is 47.5 Å². The van der Waals surface area contributed by atoms with Crippen molar-refractivity contribution in [2.45, 2.75) is 59.5 Å². The van der Waals surface area contributed by atoms with Crippen molar-refractivity contribution in [1.29, 1.82) is 0 Å². The highest BCUT2D eigenvalue weighted by molar-refractivity contribution is 6.05. The van der Waals surface area contributed by atoms with Crippen LogP contribution in [0.15, 0.2) is 36.4 Å². The van der Waals surface area contributed by atoms with Crippen LogP contribution >= 0.6 is 0 Å².